The maximum Gasteiger partial charge on any atom is 0.288 e. The zero-order valence-electron chi connectivity index (χ0n) is 13.2. The molecule has 0 N–H and O–H groups in total. The zero-order chi connectivity index (χ0) is 17.4. The van der Waals surface area contributed by atoms with Crippen LogP contribution in [0.2, 0.25) is 10.0 Å². The van der Waals surface area contributed by atoms with Crippen LogP contribution in [0.25, 0.3) is 0 Å². The molecule has 0 fully saturated rings. The Labute approximate surface area is 159 Å². The van der Waals surface area contributed by atoms with E-state index in [1.165, 1.54) is 26.9 Å². The van der Waals surface area contributed by atoms with Gasteiger partial charge in [-0.2, -0.15) is 5.10 Å². The van der Waals surface area contributed by atoms with Crippen molar-refractivity contribution in [1.82, 2.24) is 14.7 Å². The van der Waals surface area contributed by atoms with Gasteiger partial charge in [0.05, 0.1) is 23.9 Å². The Morgan fingerprint density at radius 2 is 2.00 bits per heavy atom. The molecular formula is C18H15Cl2N3OS. The largest absolute Gasteiger partial charge is 0.288 e. The van der Waals surface area contributed by atoms with Crippen LogP contribution in [0.1, 0.15) is 22.0 Å². The third-order valence-electron chi connectivity index (χ3n) is 4.44. The fraction of sp³-hybridized carbons (Fsp3) is 0.222. The average Bonchev–Trinajstić information content (AvgIpc) is 3.11. The smallest absolute Gasteiger partial charge is 0.273 e. The van der Waals surface area contributed by atoms with Gasteiger partial charge in [0.15, 0.2) is 0 Å². The van der Waals surface area contributed by atoms with Crippen molar-refractivity contribution >= 4 is 34.5 Å². The number of hydrogen-bond acceptors (Lipinski definition) is 4. The number of halogens is 2. The van der Waals surface area contributed by atoms with Crippen LogP contribution >= 0.6 is 34.5 Å². The minimum absolute atomic E-state index is 0.0150. The number of nitrogens with zero attached hydrogens (tertiary/aromatic N) is 3. The highest BCUT2D eigenvalue weighted by atomic mass is 35.5. The summed E-state index contributed by atoms with van der Waals surface area (Å²) in [6, 6.07) is 12.6. The maximum atomic E-state index is 12.4. The van der Waals surface area contributed by atoms with E-state index < -0.39 is 0 Å². The van der Waals surface area contributed by atoms with E-state index in [0.717, 1.165) is 13.0 Å². The van der Waals surface area contributed by atoms with Gasteiger partial charge in [-0.25, -0.2) is 4.68 Å². The van der Waals surface area contributed by atoms with Crippen LogP contribution in [0.5, 0.6) is 0 Å². The molecule has 4 rings (SSSR count). The molecule has 2 aromatic heterocycles. The van der Waals surface area contributed by atoms with E-state index in [1.807, 2.05) is 18.2 Å². The van der Waals surface area contributed by atoms with Crippen LogP contribution in [0.4, 0.5) is 0 Å². The van der Waals surface area contributed by atoms with Crippen LogP contribution in [-0.2, 0) is 13.1 Å². The zero-order valence-corrected chi connectivity index (χ0v) is 15.6. The quantitative estimate of drug-likeness (QED) is 0.670. The standard InChI is InChI=1S/C18H15Cl2N3OS/c19-14-10-21-23(18(24)16(14)20)11-22-8-6-15-13(7-9-25-15)17(22)12-4-2-1-3-5-12/h1-5,7,9-10,17H,6,8,11H2. The normalized spacial score (nSPS) is 17.4. The molecule has 1 aliphatic heterocycles. The van der Waals surface area contributed by atoms with E-state index in [2.05, 4.69) is 33.6 Å². The maximum absolute atomic E-state index is 12.4. The van der Waals surface area contributed by atoms with Crippen LogP contribution < -0.4 is 5.56 Å². The monoisotopic (exact) mass is 391 g/mol. The molecule has 0 spiro atoms. The summed E-state index contributed by atoms with van der Waals surface area (Å²) in [6.45, 7) is 1.21. The lowest BCUT2D eigenvalue weighted by molar-refractivity contribution is 0.154. The predicted molar refractivity (Wildman–Crippen MR) is 102 cm³/mol. The summed E-state index contributed by atoms with van der Waals surface area (Å²) >= 11 is 13.7. The van der Waals surface area contributed by atoms with Crippen molar-refractivity contribution in [2.75, 3.05) is 6.54 Å². The topological polar surface area (TPSA) is 38.1 Å². The number of rotatable bonds is 3. The van der Waals surface area contributed by atoms with Gasteiger partial charge in [-0.05, 0) is 29.0 Å². The van der Waals surface area contributed by atoms with Crippen molar-refractivity contribution in [3.8, 4) is 0 Å². The van der Waals surface area contributed by atoms with E-state index >= 15 is 0 Å². The highest BCUT2D eigenvalue weighted by Crippen LogP contribution is 2.37. The Morgan fingerprint density at radius 3 is 2.80 bits per heavy atom. The summed E-state index contributed by atoms with van der Waals surface area (Å²) < 4.78 is 1.38. The van der Waals surface area contributed by atoms with Gasteiger partial charge in [-0.15, -0.1) is 11.3 Å². The van der Waals surface area contributed by atoms with E-state index in [0.29, 0.717) is 6.67 Å². The molecule has 3 heterocycles. The minimum atomic E-state index is -0.364. The van der Waals surface area contributed by atoms with Gasteiger partial charge in [0.2, 0.25) is 0 Å². The van der Waals surface area contributed by atoms with Gasteiger partial charge < -0.3 is 0 Å². The Hall–Kier alpha value is -1.66. The second kappa shape index (κ2) is 6.92. The SMILES string of the molecule is O=c1c(Cl)c(Cl)cnn1CN1CCc2sccc2C1c1ccccc1. The molecule has 0 aliphatic carbocycles. The van der Waals surface area contributed by atoms with Crippen LogP contribution in [0, 0.1) is 0 Å². The summed E-state index contributed by atoms with van der Waals surface area (Å²) in [5.74, 6) is 0. The summed E-state index contributed by atoms with van der Waals surface area (Å²) in [5.41, 5.74) is 2.14. The van der Waals surface area contributed by atoms with Crippen molar-refractivity contribution in [3.63, 3.8) is 0 Å². The van der Waals surface area contributed by atoms with Gasteiger partial charge in [0.1, 0.15) is 5.02 Å². The molecule has 0 bridgehead atoms. The van der Waals surface area contributed by atoms with Crippen LogP contribution in [-0.4, -0.2) is 21.2 Å². The van der Waals surface area contributed by atoms with E-state index in [1.54, 1.807) is 11.3 Å². The number of hydrogen-bond donors (Lipinski definition) is 0. The van der Waals surface area contributed by atoms with Crippen molar-refractivity contribution in [3.05, 3.63) is 84.4 Å². The number of benzene rings is 1. The first-order chi connectivity index (χ1) is 12.1. The fourth-order valence-corrected chi connectivity index (χ4v) is 4.44. The fourth-order valence-electron chi connectivity index (χ4n) is 3.26. The Kier molecular flexibility index (Phi) is 4.65. The molecule has 1 aliphatic rings. The molecule has 7 heteroatoms. The first-order valence-electron chi connectivity index (χ1n) is 7.91. The average molecular weight is 392 g/mol. The molecule has 0 amide bonds. The molecule has 128 valence electrons. The number of thiophene rings is 1. The van der Waals surface area contributed by atoms with Crippen molar-refractivity contribution in [1.29, 1.82) is 0 Å². The second-order valence-corrected chi connectivity index (χ2v) is 7.71. The molecule has 0 saturated carbocycles. The highest BCUT2D eigenvalue weighted by molar-refractivity contribution is 7.10. The summed E-state index contributed by atoms with van der Waals surface area (Å²) in [5, 5.41) is 6.48. The molecule has 0 saturated heterocycles. The number of fused-ring (bicyclic) bond motifs is 1. The first-order valence-corrected chi connectivity index (χ1v) is 9.55. The summed E-state index contributed by atoms with van der Waals surface area (Å²) in [7, 11) is 0. The molecule has 3 aromatic rings. The van der Waals surface area contributed by atoms with E-state index in [-0.39, 0.29) is 21.6 Å². The molecule has 4 nitrogen and oxygen atoms in total. The highest BCUT2D eigenvalue weighted by Gasteiger charge is 2.30. The third-order valence-corrected chi connectivity index (χ3v) is 6.18. The number of aromatic nitrogens is 2. The molecule has 1 atom stereocenters. The summed E-state index contributed by atoms with van der Waals surface area (Å²) in [6.07, 6.45) is 2.38. The molecule has 1 unspecified atom stereocenters. The van der Waals surface area contributed by atoms with E-state index in [4.69, 9.17) is 23.2 Å². The van der Waals surface area contributed by atoms with Crippen LogP contribution in [0.15, 0.2) is 52.8 Å². The third kappa shape index (κ3) is 3.13. The second-order valence-electron chi connectivity index (χ2n) is 5.93. The van der Waals surface area contributed by atoms with Gasteiger partial charge >= 0.3 is 0 Å². The Balaban J connectivity index is 1.74. The molecule has 25 heavy (non-hydrogen) atoms. The molecule has 0 radical (unpaired) electrons. The first kappa shape index (κ1) is 16.8. The minimum Gasteiger partial charge on any atom is -0.273 e. The van der Waals surface area contributed by atoms with Crippen molar-refractivity contribution in [2.45, 2.75) is 19.1 Å². The van der Waals surface area contributed by atoms with Gasteiger partial charge in [-0.1, -0.05) is 53.5 Å². The summed E-state index contributed by atoms with van der Waals surface area (Å²) in [4.78, 5) is 16.0. The Bertz CT molecular complexity index is 954. The van der Waals surface area contributed by atoms with Crippen molar-refractivity contribution in [2.24, 2.45) is 0 Å². The van der Waals surface area contributed by atoms with Gasteiger partial charge in [0.25, 0.3) is 5.56 Å². The van der Waals surface area contributed by atoms with Crippen molar-refractivity contribution < 1.29 is 0 Å². The lowest BCUT2D eigenvalue weighted by Gasteiger charge is -2.36. The predicted octanol–water partition coefficient (Wildman–Crippen LogP) is 4.22. The lowest BCUT2D eigenvalue weighted by atomic mass is 9.94. The van der Waals surface area contributed by atoms with E-state index in [9.17, 15) is 4.79 Å². The molecular weight excluding hydrogens is 377 g/mol. The van der Waals surface area contributed by atoms with Gasteiger partial charge in [0, 0.05) is 11.4 Å². The lowest BCUT2D eigenvalue weighted by Crippen LogP contribution is -2.40. The Morgan fingerprint density at radius 1 is 1.20 bits per heavy atom. The van der Waals surface area contributed by atoms with Gasteiger partial charge in [-0.3, -0.25) is 9.69 Å². The van der Waals surface area contributed by atoms with Crippen LogP contribution in [0.3, 0.4) is 0 Å². The molecule has 1 aromatic carbocycles.